The molecule has 0 saturated carbocycles. The number of nitrogens with zero attached hydrogens (tertiary/aromatic N) is 1. The smallest absolute Gasteiger partial charge is 0.224 e. The maximum absolute atomic E-state index is 11.8. The zero-order chi connectivity index (χ0) is 16.9. The third-order valence-electron chi connectivity index (χ3n) is 3.58. The van der Waals surface area contributed by atoms with E-state index >= 15 is 0 Å². The molecule has 122 valence electrons. The second kappa shape index (κ2) is 7.41. The van der Waals surface area contributed by atoms with E-state index in [9.17, 15) is 4.79 Å². The van der Waals surface area contributed by atoms with Crippen molar-refractivity contribution < 1.29 is 4.79 Å². The van der Waals surface area contributed by atoms with E-state index in [0.29, 0.717) is 12.3 Å². The number of benzene rings is 2. The lowest BCUT2D eigenvalue weighted by Crippen LogP contribution is -2.13. The number of thiazole rings is 1. The van der Waals surface area contributed by atoms with Crippen LogP contribution in [-0.4, -0.2) is 10.9 Å². The molecule has 3 rings (SSSR count). The van der Waals surface area contributed by atoms with Crippen LogP contribution in [-0.2, 0) is 4.79 Å². The predicted octanol–water partition coefficient (Wildman–Crippen LogP) is 5.46. The highest BCUT2D eigenvalue weighted by Gasteiger charge is 2.08. The molecule has 4 heteroatoms. The molecule has 0 bridgehead atoms. The van der Waals surface area contributed by atoms with Crippen molar-refractivity contribution in [3.8, 4) is 21.8 Å². The fourth-order valence-corrected chi connectivity index (χ4v) is 3.26. The van der Waals surface area contributed by atoms with E-state index in [1.807, 2.05) is 56.3 Å². The molecule has 0 fully saturated rings. The first-order valence-electron chi connectivity index (χ1n) is 8.03. The zero-order valence-corrected chi connectivity index (χ0v) is 14.6. The monoisotopic (exact) mass is 336 g/mol. The van der Waals surface area contributed by atoms with E-state index < -0.39 is 0 Å². The maximum Gasteiger partial charge on any atom is 0.224 e. The molecular weight excluding hydrogens is 316 g/mol. The Hall–Kier alpha value is -2.46. The van der Waals surface area contributed by atoms with Crippen LogP contribution in [0, 0.1) is 5.92 Å². The van der Waals surface area contributed by atoms with E-state index in [1.54, 1.807) is 11.3 Å². The number of rotatable bonds is 5. The first-order valence-corrected chi connectivity index (χ1v) is 8.91. The molecule has 0 atom stereocenters. The average molecular weight is 336 g/mol. The summed E-state index contributed by atoms with van der Waals surface area (Å²) >= 11 is 1.64. The van der Waals surface area contributed by atoms with Gasteiger partial charge in [0.15, 0.2) is 0 Å². The predicted molar refractivity (Wildman–Crippen MR) is 101 cm³/mol. The number of amides is 1. The van der Waals surface area contributed by atoms with E-state index in [2.05, 4.69) is 22.8 Å². The van der Waals surface area contributed by atoms with Gasteiger partial charge in [0.1, 0.15) is 5.01 Å². The van der Waals surface area contributed by atoms with Crippen molar-refractivity contribution in [2.24, 2.45) is 5.92 Å². The van der Waals surface area contributed by atoms with Gasteiger partial charge in [-0.05, 0) is 18.1 Å². The second-order valence-corrected chi connectivity index (χ2v) is 6.99. The van der Waals surface area contributed by atoms with Gasteiger partial charge in [-0.1, -0.05) is 56.3 Å². The maximum atomic E-state index is 11.8. The van der Waals surface area contributed by atoms with Crippen LogP contribution in [0.5, 0.6) is 0 Å². The largest absolute Gasteiger partial charge is 0.326 e. The summed E-state index contributed by atoms with van der Waals surface area (Å²) in [6, 6.07) is 18.0. The average Bonchev–Trinajstić information content (AvgIpc) is 3.05. The molecule has 0 aliphatic heterocycles. The minimum absolute atomic E-state index is 0.0535. The number of anilines is 1. The summed E-state index contributed by atoms with van der Waals surface area (Å²) in [5.74, 6) is 0.411. The summed E-state index contributed by atoms with van der Waals surface area (Å²) in [4.78, 5) is 16.5. The standard InChI is InChI=1S/C20H20N2OS/c1-14(2)12-19(23)21-17-10-8-15(9-11-17)18-13-24-20(22-18)16-6-4-3-5-7-16/h3-11,13-14H,12H2,1-2H3,(H,21,23). The number of carbonyl (C=O) groups excluding carboxylic acids is 1. The molecule has 2 aromatic carbocycles. The van der Waals surface area contributed by atoms with Gasteiger partial charge < -0.3 is 5.32 Å². The van der Waals surface area contributed by atoms with Gasteiger partial charge in [0.05, 0.1) is 5.69 Å². The van der Waals surface area contributed by atoms with Gasteiger partial charge in [-0.3, -0.25) is 4.79 Å². The molecule has 0 aliphatic carbocycles. The minimum Gasteiger partial charge on any atom is -0.326 e. The zero-order valence-electron chi connectivity index (χ0n) is 13.8. The molecule has 1 amide bonds. The van der Waals surface area contributed by atoms with Gasteiger partial charge in [0.2, 0.25) is 5.91 Å². The van der Waals surface area contributed by atoms with Crippen molar-refractivity contribution in [2.45, 2.75) is 20.3 Å². The van der Waals surface area contributed by atoms with Crippen molar-refractivity contribution in [3.05, 3.63) is 60.0 Å². The first-order chi connectivity index (χ1) is 11.6. The van der Waals surface area contributed by atoms with Gasteiger partial charge >= 0.3 is 0 Å². The quantitative estimate of drug-likeness (QED) is 0.672. The van der Waals surface area contributed by atoms with E-state index in [0.717, 1.165) is 27.5 Å². The van der Waals surface area contributed by atoms with Crippen molar-refractivity contribution in [1.29, 1.82) is 0 Å². The highest BCUT2D eigenvalue weighted by atomic mass is 32.1. The number of aromatic nitrogens is 1. The molecule has 0 radical (unpaired) electrons. The van der Waals surface area contributed by atoms with Crippen molar-refractivity contribution in [2.75, 3.05) is 5.32 Å². The van der Waals surface area contributed by atoms with Crippen LogP contribution in [0.25, 0.3) is 21.8 Å². The molecule has 0 unspecified atom stereocenters. The lowest BCUT2D eigenvalue weighted by molar-refractivity contribution is -0.116. The summed E-state index contributed by atoms with van der Waals surface area (Å²) in [5, 5.41) is 6.00. The Kier molecular flexibility index (Phi) is 5.06. The van der Waals surface area contributed by atoms with Crippen LogP contribution in [0.3, 0.4) is 0 Å². The second-order valence-electron chi connectivity index (χ2n) is 6.13. The molecule has 1 heterocycles. The number of hydrogen-bond acceptors (Lipinski definition) is 3. The molecule has 0 aliphatic rings. The van der Waals surface area contributed by atoms with Crippen molar-refractivity contribution >= 4 is 22.9 Å². The lowest BCUT2D eigenvalue weighted by Gasteiger charge is -2.07. The molecular formula is C20H20N2OS. The molecule has 1 N–H and O–H groups in total. The van der Waals surface area contributed by atoms with Crippen LogP contribution in [0.15, 0.2) is 60.0 Å². The van der Waals surface area contributed by atoms with E-state index in [4.69, 9.17) is 4.98 Å². The van der Waals surface area contributed by atoms with Crippen LogP contribution < -0.4 is 5.32 Å². The van der Waals surface area contributed by atoms with Crippen molar-refractivity contribution in [1.82, 2.24) is 4.98 Å². The highest BCUT2D eigenvalue weighted by Crippen LogP contribution is 2.29. The summed E-state index contributed by atoms with van der Waals surface area (Å²) in [6.45, 7) is 4.07. The summed E-state index contributed by atoms with van der Waals surface area (Å²) in [6.07, 6.45) is 0.536. The van der Waals surface area contributed by atoms with E-state index in [-0.39, 0.29) is 5.91 Å². The minimum atomic E-state index is 0.0535. The lowest BCUT2D eigenvalue weighted by atomic mass is 10.1. The molecule has 3 aromatic rings. The Labute approximate surface area is 146 Å². The van der Waals surface area contributed by atoms with Crippen LogP contribution in [0.2, 0.25) is 0 Å². The van der Waals surface area contributed by atoms with Gasteiger partial charge in [0, 0.05) is 28.6 Å². The number of carbonyl (C=O) groups is 1. The fraction of sp³-hybridized carbons (Fsp3) is 0.200. The van der Waals surface area contributed by atoms with E-state index in [1.165, 1.54) is 0 Å². The molecule has 0 spiro atoms. The molecule has 24 heavy (non-hydrogen) atoms. The summed E-state index contributed by atoms with van der Waals surface area (Å²) < 4.78 is 0. The van der Waals surface area contributed by atoms with Gasteiger partial charge in [-0.25, -0.2) is 4.98 Å². The molecule has 0 saturated heterocycles. The summed E-state index contributed by atoms with van der Waals surface area (Å²) in [7, 11) is 0. The van der Waals surface area contributed by atoms with Gasteiger partial charge in [-0.2, -0.15) is 0 Å². The molecule has 3 nitrogen and oxygen atoms in total. The normalized spacial score (nSPS) is 10.8. The Morgan fingerprint density at radius 2 is 1.75 bits per heavy atom. The van der Waals surface area contributed by atoms with Crippen LogP contribution in [0.1, 0.15) is 20.3 Å². The Balaban J connectivity index is 1.72. The van der Waals surface area contributed by atoms with Crippen LogP contribution >= 0.6 is 11.3 Å². The SMILES string of the molecule is CC(C)CC(=O)Nc1ccc(-c2csc(-c3ccccc3)n2)cc1. The fourth-order valence-electron chi connectivity index (χ4n) is 2.43. The highest BCUT2D eigenvalue weighted by molar-refractivity contribution is 7.13. The van der Waals surface area contributed by atoms with Crippen molar-refractivity contribution in [3.63, 3.8) is 0 Å². The summed E-state index contributed by atoms with van der Waals surface area (Å²) in [5.41, 5.74) is 3.96. The van der Waals surface area contributed by atoms with Crippen LogP contribution in [0.4, 0.5) is 5.69 Å². The Morgan fingerprint density at radius 3 is 2.42 bits per heavy atom. The number of hydrogen-bond donors (Lipinski definition) is 1. The van der Waals surface area contributed by atoms with Gasteiger partial charge in [-0.15, -0.1) is 11.3 Å². The van der Waals surface area contributed by atoms with Gasteiger partial charge in [0.25, 0.3) is 0 Å². The number of nitrogens with one attached hydrogen (secondary N) is 1. The topological polar surface area (TPSA) is 42.0 Å². The Bertz CT molecular complexity index is 807. The Morgan fingerprint density at radius 1 is 1.04 bits per heavy atom. The third kappa shape index (κ3) is 4.09. The molecule has 1 aromatic heterocycles. The third-order valence-corrected chi connectivity index (χ3v) is 4.47. The first kappa shape index (κ1) is 16.4.